The maximum absolute atomic E-state index is 13.3. The van der Waals surface area contributed by atoms with Crippen molar-refractivity contribution in [3.8, 4) is 0 Å². The van der Waals surface area contributed by atoms with Gasteiger partial charge in [0.05, 0.1) is 12.7 Å². The second-order valence-electron chi connectivity index (χ2n) is 3.62. The molecule has 0 aliphatic carbocycles. The first-order valence-electron chi connectivity index (χ1n) is 4.91. The van der Waals surface area contributed by atoms with Crippen LogP contribution in [-0.2, 0) is 10.0 Å². The van der Waals surface area contributed by atoms with E-state index in [0.717, 1.165) is 6.07 Å². The zero-order valence-electron chi connectivity index (χ0n) is 9.22. The fraction of sp³-hybridized carbons (Fsp3) is 0.400. The lowest BCUT2D eigenvalue weighted by Gasteiger charge is -2.10. The van der Waals surface area contributed by atoms with Crippen LogP contribution >= 0.6 is 0 Å². The number of rotatable bonds is 5. The van der Waals surface area contributed by atoms with Gasteiger partial charge in [0.25, 0.3) is 0 Å². The first-order valence-corrected chi connectivity index (χ1v) is 6.40. The monoisotopic (exact) mass is 263 g/mol. The van der Waals surface area contributed by atoms with Gasteiger partial charge in [-0.2, -0.15) is 0 Å². The van der Waals surface area contributed by atoms with Crippen molar-refractivity contribution in [2.75, 3.05) is 13.2 Å². The lowest BCUT2D eigenvalue weighted by molar-refractivity contribution is 0.0988. The molecule has 96 valence electrons. The molecule has 0 saturated carbocycles. The lowest BCUT2D eigenvalue weighted by Crippen LogP contribution is -2.34. The van der Waals surface area contributed by atoms with Gasteiger partial charge < -0.3 is 10.2 Å². The molecule has 0 bridgehead atoms. The fourth-order valence-electron chi connectivity index (χ4n) is 1.16. The van der Waals surface area contributed by atoms with Crippen LogP contribution in [0.2, 0.25) is 0 Å². The van der Waals surface area contributed by atoms with E-state index in [9.17, 15) is 12.8 Å². The highest BCUT2D eigenvalue weighted by molar-refractivity contribution is 7.89. The van der Waals surface area contributed by atoms with Crippen LogP contribution in [0.5, 0.6) is 0 Å². The molecular formula is C10H14FNO4S. The summed E-state index contributed by atoms with van der Waals surface area (Å²) in [6, 6.07) is 3.71. The molecule has 7 heteroatoms. The van der Waals surface area contributed by atoms with Gasteiger partial charge in [-0.1, -0.05) is 6.07 Å². The Bertz CT molecular complexity index is 489. The van der Waals surface area contributed by atoms with Crippen LogP contribution in [0.4, 0.5) is 4.39 Å². The smallest absolute Gasteiger partial charge is 0.243 e. The van der Waals surface area contributed by atoms with Gasteiger partial charge in [0.15, 0.2) is 0 Å². The summed E-state index contributed by atoms with van der Waals surface area (Å²) >= 11 is 0. The van der Waals surface area contributed by atoms with E-state index < -0.39 is 33.4 Å². The highest BCUT2D eigenvalue weighted by Crippen LogP contribution is 2.15. The second kappa shape index (κ2) is 5.54. The summed E-state index contributed by atoms with van der Waals surface area (Å²) in [5, 5.41) is 17.6. The predicted octanol–water partition coefficient (Wildman–Crippen LogP) is -0.234. The minimum atomic E-state index is -4.01. The summed E-state index contributed by atoms with van der Waals surface area (Å²) in [6.07, 6.45) is -1.21. The molecule has 1 aromatic carbocycles. The number of sulfonamides is 1. The Kier molecular flexibility index (Phi) is 4.58. The molecule has 17 heavy (non-hydrogen) atoms. The van der Waals surface area contributed by atoms with Crippen molar-refractivity contribution in [3.05, 3.63) is 29.6 Å². The molecule has 0 heterocycles. The SMILES string of the molecule is Cc1ccc(F)c(S(=O)(=O)NCC(O)CO)c1. The van der Waals surface area contributed by atoms with E-state index >= 15 is 0 Å². The molecular weight excluding hydrogens is 249 g/mol. The van der Waals surface area contributed by atoms with Gasteiger partial charge in [-0.25, -0.2) is 17.5 Å². The van der Waals surface area contributed by atoms with Crippen molar-refractivity contribution in [2.45, 2.75) is 17.9 Å². The number of nitrogens with one attached hydrogen (secondary N) is 1. The largest absolute Gasteiger partial charge is 0.394 e. The van der Waals surface area contributed by atoms with E-state index in [2.05, 4.69) is 0 Å². The third-order valence-corrected chi connectivity index (χ3v) is 3.53. The van der Waals surface area contributed by atoms with Crippen LogP contribution in [0.3, 0.4) is 0 Å². The van der Waals surface area contributed by atoms with Crippen molar-refractivity contribution in [2.24, 2.45) is 0 Å². The molecule has 0 aliphatic rings. The first-order chi connectivity index (χ1) is 7.86. The number of halogens is 1. The third-order valence-electron chi connectivity index (χ3n) is 2.10. The molecule has 1 rings (SSSR count). The van der Waals surface area contributed by atoms with Crippen molar-refractivity contribution >= 4 is 10.0 Å². The average molecular weight is 263 g/mol. The van der Waals surface area contributed by atoms with E-state index in [4.69, 9.17) is 10.2 Å². The number of aryl methyl sites for hydroxylation is 1. The molecule has 0 spiro atoms. The molecule has 1 atom stereocenters. The zero-order valence-corrected chi connectivity index (χ0v) is 10.0. The van der Waals surface area contributed by atoms with Gasteiger partial charge in [-0.3, -0.25) is 0 Å². The van der Waals surface area contributed by atoms with Gasteiger partial charge in [-0.15, -0.1) is 0 Å². The van der Waals surface area contributed by atoms with Gasteiger partial charge in [-0.05, 0) is 24.6 Å². The van der Waals surface area contributed by atoms with E-state index in [-0.39, 0.29) is 6.54 Å². The van der Waals surface area contributed by atoms with Crippen molar-refractivity contribution < 1.29 is 23.0 Å². The summed E-state index contributed by atoms with van der Waals surface area (Å²) < 4.78 is 38.7. The standard InChI is InChI=1S/C10H14FNO4S/c1-7-2-3-9(11)10(4-7)17(15,16)12-5-8(14)6-13/h2-4,8,12-14H,5-6H2,1H3. The molecule has 0 aliphatic heterocycles. The Balaban J connectivity index is 2.93. The van der Waals surface area contributed by atoms with Crippen molar-refractivity contribution in [3.63, 3.8) is 0 Å². The molecule has 0 fully saturated rings. The average Bonchev–Trinajstić information content (AvgIpc) is 2.29. The highest BCUT2D eigenvalue weighted by Gasteiger charge is 2.19. The maximum atomic E-state index is 13.3. The lowest BCUT2D eigenvalue weighted by atomic mass is 10.2. The normalized spacial score (nSPS) is 13.6. The quantitative estimate of drug-likeness (QED) is 0.684. The summed E-state index contributed by atoms with van der Waals surface area (Å²) in [6.45, 7) is 0.700. The van der Waals surface area contributed by atoms with E-state index in [1.54, 1.807) is 6.92 Å². The molecule has 0 aromatic heterocycles. The minimum absolute atomic E-state index is 0.369. The van der Waals surface area contributed by atoms with Crippen LogP contribution in [0.1, 0.15) is 5.56 Å². The Labute approximate surface area is 99.0 Å². The zero-order chi connectivity index (χ0) is 13.1. The molecule has 5 nitrogen and oxygen atoms in total. The number of benzene rings is 1. The first kappa shape index (κ1) is 14.0. The fourth-order valence-corrected chi connectivity index (χ4v) is 2.40. The van der Waals surface area contributed by atoms with E-state index in [1.165, 1.54) is 12.1 Å². The number of aliphatic hydroxyl groups excluding tert-OH is 2. The number of hydrogen-bond acceptors (Lipinski definition) is 4. The number of hydrogen-bond donors (Lipinski definition) is 3. The van der Waals surface area contributed by atoms with Crippen LogP contribution < -0.4 is 4.72 Å². The van der Waals surface area contributed by atoms with Gasteiger partial charge in [0.2, 0.25) is 10.0 Å². The molecule has 1 aromatic rings. The molecule has 0 amide bonds. The molecule has 1 unspecified atom stereocenters. The van der Waals surface area contributed by atoms with Crippen LogP contribution in [0, 0.1) is 12.7 Å². The second-order valence-corrected chi connectivity index (χ2v) is 5.36. The van der Waals surface area contributed by atoms with Crippen LogP contribution in [-0.4, -0.2) is 37.9 Å². The maximum Gasteiger partial charge on any atom is 0.243 e. The minimum Gasteiger partial charge on any atom is -0.394 e. The molecule has 3 N–H and O–H groups in total. The summed E-state index contributed by atoms with van der Waals surface area (Å²) in [4.78, 5) is -0.470. The Hall–Kier alpha value is -1.02. The summed E-state index contributed by atoms with van der Waals surface area (Å²) in [5.41, 5.74) is 0.606. The van der Waals surface area contributed by atoms with E-state index in [0.29, 0.717) is 5.56 Å². The Morgan fingerprint density at radius 3 is 2.71 bits per heavy atom. The van der Waals surface area contributed by atoms with Crippen LogP contribution in [0.25, 0.3) is 0 Å². The third kappa shape index (κ3) is 3.74. The summed E-state index contributed by atoms with van der Waals surface area (Å²) in [5.74, 6) is -0.860. The van der Waals surface area contributed by atoms with Gasteiger partial charge in [0, 0.05) is 6.54 Å². The van der Waals surface area contributed by atoms with Crippen LogP contribution in [0.15, 0.2) is 23.1 Å². The van der Waals surface area contributed by atoms with E-state index in [1.807, 2.05) is 4.72 Å². The van der Waals surface area contributed by atoms with Gasteiger partial charge in [0.1, 0.15) is 10.7 Å². The van der Waals surface area contributed by atoms with Crippen molar-refractivity contribution in [1.29, 1.82) is 0 Å². The summed E-state index contributed by atoms with van der Waals surface area (Å²) in [7, 11) is -4.01. The molecule has 0 radical (unpaired) electrons. The van der Waals surface area contributed by atoms with Gasteiger partial charge >= 0.3 is 0 Å². The Morgan fingerprint density at radius 1 is 1.47 bits per heavy atom. The van der Waals surface area contributed by atoms with Crippen molar-refractivity contribution in [1.82, 2.24) is 4.72 Å². The topological polar surface area (TPSA) is 86.6 Å². The Morgan fingerprint density at radius 2 is 2.12 bits per heavy atom. The highest BCUT2D eigenvalue weighted by atomic mass is 32.2. The molecule has 0 saturated heterocycles. The predicted molar refractivity (Wildman–Crippen MR) is 59.4 cm³/mol. The number of aliphatic hydroxyl groups is 2.